The van der Waals surface area contributed by atoms with Crippen LogP contribution in [0.1, 0.15) is 60.8 Å². The molecule has 1 aromatic heterocycles. The number of rotatable bonds is 2. The normalized spacial score (nSPS) is 15.3. The molecule has 1 saturated heterocycles. The van der Waals surface area contributed by atoms with Gasteiger partial charge in [-0.25, -0.2) is 4.98 Å². The molecule has 0 spiro atoms. The minimum Gasteiger partial charge on any atom is -0.334 e. The minimum absolute atomic E-state index is 0.150. The van der Waals surface area contributed by atoms with Gasteiger partial charge in [0.05, 0.1) is 0 Å². The number of carbonyl (C=O) groups excluding carboxylic acids is 4. The second kappa shape index (κ2) is 11.4. The summed E-state index contributed by atoms with van der Waals surface area (Å²) in [5, 5.41) is 2.49. The van der Waals surface area contributed by atoms with Crippen LogP contribution in [-0.2, 0) is 19.2 Å². The molecule has 7 nitrogen and oxygen atoms in total. The van der Waals surface area contributed by atoms with Gasteiger partial charge in [-0.1, -0.05) is 12.0 Å². The molecule has 0 aliphatic carbocycles. The first kappa shape index (κ1) is 24.8. The molecule has 7 heteroatoms. The van der Waals surface area contributed by atoms with Crippen LogP contribution < -0.4 is 5.32 Å². The number of amides is 2. The molecule has 2 aromatic rings. The van der Waals surface area contributed by atoms with Gasteiger partial charge in [-0.2, -0.15) is 0 Å². The van der Waals surface area contributed by atoms with Crippen molar-refractivity contribution in [2.45, 2.75) is 52.4 Å². The molecule has 176 valence electrons. The van der Waals surface area contributed by atoms with Crippen LogP contribution in [0.2, 0.25) is 0 Å². The zero-order chi connectivity index (χ0) is 24.7. The predicted molar refractivity (Wildman–Crippen MR) is 129 cm³/mol. The van der Waals surface area contributed by atoms with Crippen LogP contribution in [0.5, 0.6) is 0 Å². The zero-order valence-electron chi connectivity index (χ0n) is 19.8. The Kier molecular flexibility index (Phi) is 8.31. The van der Waals surface area contributed by atoms with Crippen molar-refractivity contribution in [1.29, 1.82) is 0 Å². The third-order valence-electron chi connectivity index (χ3n) is 5.89. The van der Waals surface area contributed by atoms with Gasteiger partial charge in [0.2, 0.25) is 0 Å². The monoisotopic (exact) mass is 459 g/mol. The Bertz CT molecular complexity index is 1120. The highest BCUT2D eigenvalue weighted by molar-refractivity contribution is 6.39. The molecule has 1 aliphatic heterocycles. The summed E-state index contributed by atoms with van der Waals surface area (Å²) in [5.74, 6) is 3.60. The van der Waals surface area contributed by atoms with Gasteiger partial charge in [-0.15, -0.1) is 5.92 Å². The van der Waals surface area contributed by atoms with Gasteiger partial charge in [0, 0.05) is 37.7 Å². The first-order chi connectivity index (χ1) is 16.3. The smallest absolute Gasteiger partial charge is 0.315 e. The van der Waals surface area contributed by atoms with Crippen LogP contribution in [0.4, 0.5) is 5.82 Å². The number of benzene rings is 1. The molecule has 1 fully saturated rings. The van der Waals surface area contributed by atoms with E-state index in [0.29, 0.717) is 12.8 Å². The van der Waals surface area contributed by atoms with E-state index in [1.54, 1.807) is 25.1 Å². The fourth-order valence-electron chi connectivity index (χ4n) is 4.39. The number of nitrogens with zero attached hydrogens (tertiary/aromatic N) is 2. The number of aryl methyl sites for hydroxylation is 2. The second-order valence-electron chi connectivity index (χ2n) is 8.43. The lowest BCUT2D eigenvalue weighted by atomic mass is 9.81. The molecule has 34 heavy (non-hydrogen) atoms. The molecule has 0 saturated carbocycles. The van der Waals surface area contributed by atoms with Gasteiger partial charge < -0.3 is 10.2 Å². The van der Waals surface area contributed by atoms with Crippen molar-refractivity contribution in [3.8, 4) is 11.8 Å². The van der Waals surface area contributed by atoms with Crippen molar-refractivity contribution < 1.29 is 19.2 Å². The first-order valence-corrected chi connectivity index (χ1v) is 11.4. The van der Waals surface area contributed by atoms with E-state index in [4.69, 9.17) is 0 Å². The molecule has 1 aliphatic rings. The number of hydrogen-bond donors (Lipinski definition) is 1. The Hall–Kier alpha value is -3.79. The van der Waals surface area contributed by atoms with E-state index < -0.39 is 17.7 Å². The molecule has 0 radical (unpaired) electrons. The van der Waals surface area contributed by atoms with Gasteiger partial charge in [0.25, 0.3) is 0 Å². The third-order valence-corrected chi connectivity index (χ3v) is 5.89. The predicted octanol–water partition coefficient (Wildman–Crippen LogP) is 3.33. The maximum absolute atomic E-state index is 13.2. The lowest BCUT2D eigenvalue weighted by Gasteiger charge is -2.25. The molecule has 0 atom stereocenters. The van der Waals surface area contributed by atoms with Gasteiger partial charge in [0.1, 0.15) is 23.3 Å². The summed E-state index contributed by atoms with van der Waals surface area (Å²) in [5.41, 5.74) is 3.38. The molecule has 0 unspecified atom stereocenters. The topological polar surface area (TPSA) is 96.4 Å². The van der Waals surface area contributed by atoms with E-state index in [1.165, 1.54) is 11.1 Å². The molecule has 2 heterocycles. The van der Waals surface area contributed by atoms with E-state index in [-0.39, 0.29) is 43.3 Å². The maximum Gasteiger partial charge on any atom is 0.315 e. The molecular weight excluding hydrogens is 430 g/mol. The lowest BCUT2D eigenvalue weighted by Crippen LogP contribution is -2.42. The highest BCUT2D eigenvalue weighted by Crippen LogP contribution is 2.30. The molecule has 2 amide bonds. The number of pyridine rings is 1. The SMILES string of the molecule is CC#Cc1cc(C)c(C2C(=O)CCCN(C(=O)C(=O)Nc3ccccn3)CCCC2=O)c(C)c1. The highest BCUT2D eigenvalue weighted by atomic mass is 16.2. The number of carbonyl (C=O) groups is 4. The highest BCUT2D eigenvalue weighted by Gasteiger charge is 2.32. The number of Topliss-reactive ketones (excluding diaryl/α,β-unsaturated/α-hetero) is 2. The molecule has 1 aromatic carbocycles. The maximum atomic E-state index is 13.2. The number of ketones is 2. The summed E-state index contributed by atoms with van der Waals surface area (Å²) in [6.07, 6.45) is 2.58. The first-order valence-electron chi connectivity index (χ1n) is 11.4. The summed E-state index contributed by atoms with van der Waals surface area (Å²) in [6.45, 7) is 6.11. The second-order valence-corrected chi connectivity index (χ2v) is 8.43. The largest absolute Gasteiger partial charge is 0.334 e. The fraction of sp³-hybridized carbons (Fsp3) is 0.370. The van der Waals surface area contributed by atoms with Gasteiger partial charge in [-0.05, 0) is 74.6 Å². The van der Waals surface area contributed by atoms with Crippen LogP contribution >= 0.6 is 0 Å². The summed E-state index contributed by atoms with van der Waals surface area (Å²) < 4.78 is 0. The van der Waals surface area contributed by atoms with Crippen molar-refractivity contribution in [1.82, 2.24) is 9.88 Å². The third kappa shape index (κ3) is 5.96. The Morgan fingerprint density at radius 3 is 2.18 bits per heavy atom. The zero-order valence-corrected chi connectivity index (χ0v) is 19.8. The molecule has 3 rings (SSSR count). The van der Waals surface area contributed by atoms with E-state index >= 15 is 0 Å². The van der Waals surface area contributed by atoms with Crippen LogP contribution in [0, 0.1) is 25.7 Å². The average Bonchev–Trinajstić information content (AvgIpc) is 2.80. The van der Waals surface area contributed by atoms with Crippen LogP contribution in [0.15, 0.2) is 36.5 Å². The van der Waals surface area contributed by atoms with Gasteiger partial charge in [-0.3, -0.25) is 19.2 Å². The Balaban J connectivity index is 1.73. The van der Waals surface area contributed by atoms with Crippen LogP contribution in [-0.4, -0.2) is 46.4 Å². The minimum atomic E-state index is -0.807. The number of hydrogen-bond acceptors (Lipinski definition) is 5. The van der Waals surface area contributed by atoms with Crippen molar-refractivity contribution >= 4 is 29.2 Å². The summed E-state index contributed by atoms with van der Waals surface area (Å²) in [6, 6.07) is 8.84. The summed E-state index contributed by atoms with van der Waals surface area (Å²) >= 11 is 0. The Morgan fingerprint density at radius 2 is 1.65 bits per heavy atom. The lowest BCUT2D eigenvalue weighted by molar-refractivity contribution is -0.143. The van der Waals surface area contributed by atoms with Gasteiger partial charge >= 0.3 is 11.8 Å². The fourth-order valence-corrected chi connectivity index (χ4v) is 4.39. The van der Waals surface area contributed by atoms with E-state index in [0.717, 1.165) is 22.3 Å². The Morgan fingerprint density at radius 1 is 1.03 bits per heavy atom. The number of nitrogens with one attached hydrogen (secondary N) is 1. The van der Waals surface area contributed by atoms with E-state index in [9.17, 15) is 19.2 Å². The quantitative estimate of drug-likeness (QED) is 0.422. The van der Waals surface area contributed by atoms with Crippen molar-refractivity contribution in [2.75, 3.05) is 18.4 Å². The van der Waals surface area contributed by atoms with E-state index in [2.05, 4.69) is 22.1 Å². The molecule has 1 N–H and O–H groups in total. The number of anilines is 1. The summed E-state index contributed by atoms with van der Waals surface area (Å²) in [7, 11) is 0. The number of aromatic nitrogens is 1. The average molecular weight is 460 g/mol. The molecule has 0 bridgehead atoms. The van der Waals surface area contributed by atoms with Crippen molar-refractivity contribution in [3.63, 3.8) is 0 Å². The van der Waals surface area contributed by atoms with Gasteiger partial charge in [0.15, 0.2) is 0 Å². The van der Waals surface area contributed by atoms with Crippen molar-refractivity contribution in [3.05, 3.63) is 58.8 Å². The van der Waals surface area contributed by atoms with Crippen LogP contribution in [0.3, 0.4) is 0 Å². The van der Waals surface area contributed by atoms with E-state index in [1.807, 2.05) is 26.0 Å². The van der Waals surface area contributed by atoms with Crippen molar-refractivity contribution in [2.24, 2.45) is 0 Å². The molecular formula is C27H29N3O4. The summed E-state index contributed by atoms with van der Waals surface area (Å²) in [4.78, 5) is 56.8. The Labute approximate surface area is 199 Å². The standard InChI is InChI=1S/C27H29N3O4/c1-4-9-20-16-18(2)24(19(3)17-20)25-21(31)10-7-14-30(15-8-11-22(25)32)27(34)26(33)29-23-12-5-6-13-28-23/h5-6,12-13,16-17,25H,7-8,10-11,14-15H2,1-3H3,(H,28,29,33). The van der Waals surface area contributed by atoms with Crippen LogP contribution in [0.25, 0.3) is 0 Å².